The third-order valence-corrected chi connectivity index (χ3v) is 7.45. The number of benzene rings is 1. The van der Waals surface area contributed by atoms with Crippen LogP contribution in [0.5, 0.6) is 5.75 Å². The van der Waals surface area contributed by atoms with Gasteiger partial charge in [-0.1, -0.05) is 11.6 Å². The van der Waals surface area contributed by atoms with Crippen LogP contribution in [0, 0.1) is 17.7 Å². The highest BCUT2D eigenvalue weighted by Gasteiger charge is 2.52. The Balaban J connectivity index is 1.75. The second kappa shape index (κ2) is 10.5. The van der Waals surface area contributed by atoms with Gasteiger partial charge in [-0.25, -0.2) is 9.97 Å². The topological polar surface area (TPSA) is 115 Å². The van der Waals surface area contributed by atoms with E-state index in [0.717, 1.165) is 37.3 Å². The predicted octanol–water partition coefficient (Wildman–Crippen LogP) is 4.60. The van der Waals surface area contributed by atoms with Gasteiger partial charge in [-0.3, -0.25) is 0 Å². The first-order valence-corrected chi connectivity index (χ1v) is 12.8. The number of aliphatic hydroxyl groups is 2. The van der Waals surface area contributed by atoms with E-state index in [1.807, 2.05) is 6.92 Å². The minimum Gasteiger partial charge on any atom is -0.512 e. The van der Waals surface area contributed by atoms with Crippen LogP contribution in [0.1, 0.15) is 37.9 Å². The van der Waals surface area contributed by atoms with Crippen LogP contribution in [0.15, 0.2) is 24.0 Å². The molecule has 0 bridgehead atoms. The van der Waals surface area contributed by atoms with Crippen LogP contribution in [0.2, 0.25) is 5.02 Å². The molecule has 1 aromatic heterocycles. The molecule has 2 heterocycles. The molecule has 1 aromatic carbocycles. The molecule has 1 saturated heterocycles. The van der Waals surface area contributed by atoms with Gasteiger partial charge in [-0.2, -0.15) is 0 Å². The summed E-state index contributed by atoms with van der Waals surface area (Å²) < 4.78 is 5.77. The van der Waals surface area contributed by atoms with Crippen molar-refractivity contribution in [3.05, 3.63) is 40.2 Å². The Hall–Kier alpha value is -2.39. The number of aliphatic hydroxyl groups excluding tert-OH is 2. The minimum atomic E-state index is -0.656. The molecule has 194 valence electrons. The van der Waals surface area contributed by atoms with Gasteiger partial charge in [0.2, 0.25) is 0 Å². The zero-order valence-corrected chi connectivity index (χ0v) is 22.5. The quantitative estimate of drug-likeness (QED) is 0.211. The number of alkyl halides is 1. The minimum absolute atomic E-state index is 0.0203. The molecule has 4 rings (SSSR count). The number of rotatable bonds is 9. The van der Waals surface area contributed by atoms with Crippen LogP contribution in [-0.4, -0.2) is 70.7 Å². The van der Waals surface area contributed by atoms with Crippen molar-refractivity contribution in [1.29, 1.82) is 5.41 Å². The standard InChI is InChI=1S/C26H33Cl2N5O3/c1-14-23(22(15(2)29)16(3)34)31-24(32-25(14)33-12-26(13-33)8-17(27)9-26)20-7-19(5-6-21(20)28)36-11-18(35)10-30-4/h5-7,17-18,29-30,34-35H,8-13H2,1-4H3/b22-16+,29-15?/t18-/m1/s1. The van der Waals surface area contributed by atoms with Gasteiger partial charge in [0.15, 0.2) is 5.82 Å². The number of nitrogens with one attached hydrogen (secondary N) is 2. The first kappa shape index (κ1) is 26.7. The molecule has 0 unspecified atom stereocenters. The Morgan fingerprint density at radius 2 is 2.00 bits per heavy atom. The summed E-state index contributed by atoms with van der Waals surface area (Å²) in [7, 11) is 1.76. The van der Waals surface area contributed by atoms with Gasteiger partial charge in [-0.05, 0) is 58.9 Å². The molecular formula is C26H33Cl2N5O3. The number of likely N-dealkylation sites (N-methyl/N-ethyl adjacent to an activating group) is 1. The fraction of sp³-hybridized carbons (Fsp3) is 0.500. The highest BCUT2D eigenvalue weighted by molar-refractivity contribution is 6.33. The van der Waals surface area contributed by atoms with E-state index >= 15 is 0 Å². The number of allylic oxidation sites excluding steroid dienone is 2. The summed E-state index contributed by atoms with van der Waals surface area (Å²) in [6.45, 7) is 7.34. The Labute approximate surface area is 221 Å². The second-order valence-electron chi connectivity index (χ2n) is 9.96. The van der Waals surface area contributed by atoms with Gasteiger partial charge in [-0.15, -0.1) is 11.6 Å². The van der Waals surface area contributed by atoms with Crippen molar-refractivity contribution in [1.82, 2.24) is 15.3 Å². The van der Waals surface area contributed by atoms with Crippen LogP contribution in [0.4, 0.5) is 5.82 Å². The molecule has 2 fully saturated rings. The third kappa shape index (κ3) is 5.32. The molecule has 4 N–H and O–H groups in total. The summed E-state index contributed by atoms with van der Waals surface area (Å²) in [4.78, 5) is 11.9. The molecule has 1 aliphatic heterocycles. The zero-order chi connectivity index (χ0) is 26.2. The lowest BCUT2D eigenvalue weighted by Gasteiger charge is -2.58. The van der Waals surface area contributed by atoms with Crippen molar-refractivity contribution in [2.45, 2.75) is 45.1 Å². The normalized spacial score (nSPS) is 18.4. The number of anilines is 1. The number of aromatic nitrogens is 2. The van der Waals surface area contributed by atoms with E-state index in [9.17, 15) is 10.2 Å². The van der Waals surface area contributed by atoms with Crippen molar-refractivity contribution in [3.8, 4) is 17.1 Å². The summed E-state index contributed by atoms with van der Waals surface area (Å²) >= 11 is 12.8. The molecule has 1 saturated carbocycles. The molecule has 0 radical (unpaired) electrons. The van der Waals surface area contributed by atoms with Gasteiger partial charge >= 0.3 is 0 Å². The number of hydrogen-bond acceptors (Lipinski definition) is 8. The molecule has 0 amide bonds. The Kier molecular flexibility index (Phi) is 7.80. The summed E-state index contributed by atoms with van der Waals surface area (Å²) in [6.07, 6.45) is 1.34. The monoisotopic (exact) mass is 533 g/mol. The average Bonchev–Trinajstić information content (AvgIpc) is 2.76. The van der Waals surface area contributed by atoms with E-state index in [1.54, 1.807) is 39.1 Å². The van der Waals surface area contributed by atoms with Crippen molar-refractivity contribution >= 4 is 40.3 Å². The molecule has 2 aromatic rings. The van der Waals surface area contributed by atoms with E-state index in [0.29, 0.717) is 40.0 Å². The van der Waals surface area contributed by atoms with Crippen molar-refractivity contribution in [2.75, 3.05) is 38.2 Å². The van der Waals surface area contributed by atoms with Crippen LogP contribution >= 0.6 is 23.2 Å². The molecule has 1 atom stereocenters. The Morgan fingerprint density at radius 3 is 2.58 bits per heavy atom. The van der Waals surface area contributed by atoms with Crippen LogP contribution in [-0.2, 0) is 0 Å². The third-order valence-electron chi connectivity index (χ3n) is 6.82. The van der Waals surface area contributed by atoms with Crippen LogP contribution in [0.3, 0.4) is 0 Å². The fourth-order valence-corrected chi connectivity index (χ4v) is 5.96. The smallest absolute Gasteiger partial charge is 0.163 e. The highest BCUT2D eigenvalue weighted by Crippen LogP contribution is 2.52. The van der Waals surface area contributed by atoms with E-state index in [2.05, 4.69) is 10.2 Å². The molecule has 1 spiro atoms. The maximum absolute atomic E-state index is 10.4. The van der Waals surface area contributed by atoms with E-state index in [1.165, 1.54) is 0 Å². The lowest BCUT2D eigenvalue weighted by molar-refractivity contribution is 0.0946. The fourth-order valence-electron chi connectivity index (χ4n) is 5.10. The van der Waals surface area contributed by atoms with Gasteiger partial charge in [0.1, 0.15) is 30.0 Å². The summed E-state index contributed by atoms with van der Waals surface area (Å²) in [5.41, 5.74) is 2.68. The first-order chi connectivity index (χ1) is 17.0. The molecule has 36 heavy (non-hydrogen) atoms. The van der Waals surface area contributed by atoms with Gasteiger partial charge < -0.3 is 30.6 Å². The largest absolute Gasteiger partial charge is 0.512 e. The molecule has 8 nitrogen and oxygen atoms in total. The number of halogens is 2. The average molecular weight is 534 g/mol. The maximum Gasteiger partial charge on any atom is 0.163 e. The Bertz CT molecular complexity index is 1180. The van der Waals surface area contributed by atoms with Gasteiger partial charge in [0.25, 0.3) is 0 Å². The summed E-state index contributed by atoms with van der Waals surface area (Å²) in [5, 5.41) is 32.3. The zero-order valence-electron chi connectivity index (χ0n) is 21.0. The van der Waals surface area contributed by atoms with Crippen molar-refractivity contribution in [2.24, 2.45) is 5.41 Å². The number of hydrogen-bond donors (Lipinski definition) is 4. The van der Waals surface area contributed by atoms with Crippen LogP contribution < -0.4 is 15.0 Å². The summed E-state index contributed by atoms with van der Waals surface area (Å²) in [5.74, 6) is 1.68. The van der Waals surface area contributed by atoms with E-state index in [4.69, 9.17) is 43.3 Å². The van der Waals surface area contributed by atoms with Gasteiger partial charge in [0.05, 0.1) is 16.3 Å². The van der Waals surface area contributed by atoms with E-state index in [-0.39, 0.29) is 28.9 Å². The summed E-state index contributed by atoms with van der Waals surface area (Å²) in [6, 6.07) is 5.20. The van der Waals surface area contributed by atoms with Crippen molar-refractivity contribution < 1.29 is 14.9 Å². The number of nitrogens with zero attached hydrogens (tertiary/aromatic N) is 3. The van der Waals surface area contributed by atoms with Crippen molar-refractivity contribution in [3.63, 3.8) is 0 Å². The van der Waals surface area contributed by atoms with Crippen LogP contribution in [0.25, 0.3) is 17.0 Å². The lowest BCUT2D eigenvalue weighted by atomic mass is 9.63. The maximum atomic E-state index is 10.4. The molecular weight excluding hydrogens is 501 g/mol. The molecule has 2 aliphatic rings. The number of ether oxygens (including phenoxy) is 1. The first-order valence-electron chi connectivity index (χ1n) is 12.0. The molecule has 1 aliphatic carbocycles. The highest BCUT2D eigenvalue weighted by atomic mass is 35.5. The van der Waals surface area contributed by atoms with E-state index < -0.39 is 6.10 Å². The lowest BCUT2D eigenvalue weighted by Crippen LogP contribution is -2.63. The SMILES string of the molecule is CNC[C@@H](O)COc1ccc(Cl)c(-c2nc(/C(C(C)=N)=C(\C)O)c(C)c(N3CC4(CC(Cl)C4)C3)n2)c1. The molecule has 10 heteroatoms. The second-order valence-corrected chi connectivity index (χ2v) is 11.0. The van der Waals surface area contributed by atoms with Gasteiger partial charge in [0, 0.05) is 47.3 Å². The Morgan fingerprint density at radius 1 is 1.31 bits per heavy atom. The predicted molar refractivity (Wildman–Crippen MR) is 145 cm³/mol.